The summed E-state index contributed by atoms with van der Waals surface area (Å²) in [6.07, 6.45) is 9.99. The summed E-state index contributed by atoms with van der Waals surface area (Å²) < 4.78 is 6.77. The van der Waals surface area contributed by atoms with Gasteiger partial charge in [0.15, 0.2) is 11.5 Å². The average molecular weight is 631 g/mol. The number of aromatic carboxylic acids is 1. The van der Waals surface area contributed by atoms with Crippen LogP contribution in [0.5, 0.6) is 0 Å². The van der Waals surface area contributed by atoms with Gasteiger partial charge < -0.3 is 30.4 Å². The molecule has 0 saturated carbocycles. The van der Waals surface area contributed by atoms with Crippen LogP contribution in [0.1, 0.15) is 75.9 Å². The normalized spacial score (nSPS) is 12.6. The zero-order chi connectivity index (χ0) is 33.0. The van der Waals surface area contributed by atoms with Gasteiger partial charge in [-0.05, 0) is 61.4 Å². The van der Waals surface area contributed by atoms with Crippen molar-refractivity contribution in [3.05, 3.63) is 70.8 Å². The van der Waals surface area contributed by atoms with Crippen LogP contribution in [0.15, 0.2) is 36.7 Å². The summed E-state index contributed by atoms with van der Waals surface area (Å²) in [7, 11) is -1.15. The molecule has 14 heteroatoms. The van der Waals surface area contributed by atoms with Gasteiger partial charge in [-0.3, -0.25) is 9.59 Å². The molecule has 0 bridgehead atoms. The van der Waals surface area contributed by atoms with Gasteiger partial charge in [-0.2, -0.15) is 10.5 Å². The number of nitrogens with zero attached hydrogens (tertiary/aromatic N) is 5. The van der Waals surface area contributed by atoms with Gasteiger partial charge in [0.2, 0.25) is 11.7 Å². The summed E-state index contributed by atoms with van der Waals surface area (Å²) in [5.74, 6) is -1.98. The number of carboxylic acids is 1. The van der Waals surface area contributed by atoms with Crippen molar-refractivity contribution in [1.82, 2.24) is 19.5 Å². The van der Waals surface area contributed by atoms with Gasteiger partial charge in [0, 0.05) is 38.5 Å². The van der Waals surface area contributed by atoms with Crippen LogP contribution in [0, 0.1) is 22.7 Å². The number of anilines is 1. The molecule has 0 spiro atoms. The van der Waals surface area contributed by atoms with Crippen LogP contribution >= 0.6 is 0 Å². The van der Waals surface area contributed by atoms with Crippen molar-refractivity contribution in [3.8, 4) is 12.1 Å². The lowest BCUT2D eigenvalue weighted by Gasteiger charge is -2.18. The minimum Gasteiger partial charge on any atom is -0.475 e. The quantitative estimate of drug-likeness (QED) is 0.161. The lowest BCUT2D eigenvalue weighted by molar-refractivity contribution is -0.118. The standard InChI is InChI=1S/C20H21N5O2.C11H17N3O3Si/c21-11-15-12-23-19(24-15)20(27)25-17-8-6-13(7-9-18(22)26)10-16(17)14-4-2-1-3-5-14;1-18(2,3)5-4-17-8-14-7-9(6-12)13-10(14)11(15)16/h4,6,8,10,12H,1-3,5,7,9H2,(H2,22,26)(H,23,24)(H,25,27);7H,4-5,8H2,1-3H3,(H,15,16). The first-order valence-electron chi connectivity index (χ1n) is 14.6. The molecule has 0 unspecified atom stereocenters. The molecule has 0 aliphatic heterocycles. The second-order valence-electron chi connectivity index (χ2n) is 11.7. The topological polar surface area (TPSA) is 213 Å². The zero-order valence-electron chi connectivity index (χ0n) is 25.7. The number of imidazole rings is 2. The molecule has 45 heavy (non-hydrogen) atoms. The molecule has 1 aliphatic carbocycles. The van der Waals surface area contributed by atoms with Crippen LogP contribution in [-0.2, 0) is 22.7 Å². The Bertz CT molecular complexity index is 1640. The molecule has 0 fully saturated rings. The van der Waals surface area contributed by atoms with E-state index in [-0.39, 0.29) is 42.1 Å². The molecule has 2 aromatic heterocycles. The number of nitriles is 2. The van der Waals surface area contributed by atoms with Crippen molar-refractivity contribution in [3.63, 3.8) is 0 Å². The number of carbonyl (C=O) groups excluding carboxylic acids is 2. The van der Waals surface area contributed by atoms with E-state index in [4.69, 9.17) is 26.1 Å². The number of allylic oxidation sites excluding steroid dienone is 2. The first-order chi connectivity index (χ1) is 21.4. The number of hydrogen-bond acceptors (Lipinski definition) is 8. The molecule has 2 amide bonds. The van der Waals surface area contributed by atoms with Crippen LogP contribution in [-0.4, -0.2) is 57.1 Å². The average Bonchev–Trinajstić information content (AvgIpc) is 3.67. The Morgan fingerprint density at radius 1 is 1.20 bits per heavy atom. The summed E-state index contributed by atoms with van der Waals surface area (Å²) in [5, 5.41) is 29.3. The molecular formula is C31H38N8O5Si. The monoisotopic (exact) mass is 630 g/mol. The third kappa shape index (κ3) is 10.9. The number of ether oxygens (including phenoxy) is 1. The van der Waals surface area contributed by atoms with E-state index < -0.39 is 20.0 Å². The van der Waals surface area contributed by atoms with Crippen LogP contribution in [0.2, 0.25) is 25.7 Å². The molecule has 5 N–H and O–H groups in total. The van der Waals surface area contributed by atoms with Crippen molar-refractivity contribution in [2.24, 2.45) is 5.73 Å². The number of aromatic nitrogens is 4. The van der Waals surface area contributed by atoms with Crippen LogP contribution in [0.4, 0.5) is 5.69 Å². The minimum absolute atomic E-state index is 0.0844. The second-order valence-corrected chi connectivity index (χ2v) is 17.3. The number of carboxylic acid groups (broad SMARTS) is 1. The maximum atomic E-state index is 12.5. The number of nitrogens with one attached hydrogen (secondary N) is 2. The molecule has 4 rings (SSSR count). The third-order valence-corrected chi connectivity index (χ3v) is 8.55. The van der Waals surface area contributed by atoms with E-state index in [0.717, 1.165) is 42.9 Å². The number of benzene rings is 1. The molecular weight excluding hydrogens is 592 g/mol. The van der Waals surface area contributed by atoms with E-state index in [0.29, 0.717) is 18.7 Å². The highest BCUT2D eigenvalue weighted by atomic mass is 28.3. The highest BCUT2D eigenvalue weighted by molar-refractivity contribution is 6.76. The van der Waals surface area contributed by atoms with Gasteiger partial charge in [0.1, 0.15) is 24.6 Å². The van der Waals surface area contributed by atoms with E-state index in [1.54, 1.807) is 0 Å². The lowest BCUT2D eigenvalue weighted by atomic mass is 9.91. The maximum Gasteiger partial charge on any atom is 0.372 e. The number of amides is 2. The number of primary amides is 1. The highest BCUT2D eigenvalue weighted by Gasteiger charge is 2.18. The van der Waals surface area contributed by atoms with Gasteiger partial charge >= 0.3 is 5.97 Å². The molecule has 1 aromatic carbocycles. The van der Waals surface area contributed by atoms with Gasteiger partial charge in [-0.25, -0.2) is 14.8 Å². The van der Waals surface area contributed by atoms with Crippen LogP contribution in [0.25, 0.3) is 5.57 Å². The molecule has 0 atom stereocenters. The Labute approximate surface area is 262 Å². The predicted octanol–water partition coefficient (Wildman–Crippen LogP) is 4.67. The zero-order valence-corrected chi connectivity index (χ0v) is 26.7. The summed E-state index contributed by atoms with van der Waals surface area (Å²) in [5.41, 5.74) is 9.40. The van der Waals surface area contributed by atoms with E-state index in [9.17, 15) is 14.4 Å². The molecule has 3 aromatic rings. The molecule has 1 aliphatic rings. The molecule has 2 heterocycles. The van der Waals surface area contributed by atoms with Crippen molar-refractivity contribution < 1.29 is 24.2 Å². The molecule has 13 nitrogen and oxygen atoms in total. The number of rotatable bonds is 12. The third-order valence-electron chi connectivity index (χ3n) is 6.85. The number of nitrogens with two attached hydrogens (primary N) is 1. The Hall–Kier alpha value is -5.05. The van der Waals surface area contributed by atoms with Gasteiger partial charge in [-0.1, -0.05) is 31.8 Å². The predicted molar refractivity (Wildman–Crippen MR) is 170 cm³/mol. The van der Waals surface area contributed by atoms with Crippen LogP contribution in [0.3, 0.4) is 0 Å². The second kappa shape index (κ2) is 16.1. The first-order valence-corrected chi connectivity index (χ1v) is 18.3. The minimum atomic E-state index is -1.16. The largest absolute Gasteiger partial charge is 0.475 e. The number of hydrogen-bond donors (Lipinski definition) is 4. The molecule has 0 radical (unpaired) electrons. The Balaban J connectivity index is 0.000000268. The van der Waals surface area contributed by atoms with Crippen molar-refractivity contribution in [2.75, 3.05) is 11.9 Å². The Morgan fingerprint density at radius 2 is 1.98 bits per heavy atom. The lowest BCUT2D eigenvalue weighted by Crippen LogP contribution is -2.22. The van der Waals surface area contributed by atoms with Crippen molar-refractivity contribution in [1.29, 1.82) is 10.5 Å². The van der Waals surface area contributed by atoms with Crippen molar-refractivity contribution in [2.45, 2.75) is 70.9 Å². The number of carbonyl (C=O) groups is 3. The summed E-state index contributed by atoms with van der Waals surface area (Å²) in [4.78, 5) is 44.8. The Morgan fingerprint density at radius 3 is 2.58 bits per heavy atom. The summed E-state index contributed by atoms with van der Waals surface area (Å²) >= 11 is 0. The Kier molecular flexibility index (Phi) is 12.4. The van der Waals surface area contributed by atoms with Gasteiger partial charge in [0.25, 0.3) is 5.91 Å². The number of H-pyrrole nitrogens is 1. The highest BCUT2D eigenvalue weighted by Crippen LogP contribution is 2.33. The summed E-state index contributed by atoms with van der Waals surface area (Å²) in [6.45, 7) is 7.42. The van der Waals surface area contributed by atoms with Gasteiger partial charge in [-0.15, -0.1) is 0 Å². The molecule has 236 valence electrons. The fourth-order valence-corrected chi connectivity index (χ4v) is 5.18. The smallest absolute Gasteiger partial charge is 0.372 e. The van der Waals surface area contributed by atoms with E-state index in [2.05, 4.69) is 46.0 Å². The van der Waals surface area contributed by atoms with Crippen LogP contribution < -0.4 is 11.1 Å². The fraction of sp³-hybridized carbons (Fsp3) is 0.387. The maximum absolute atomic E-state index is 12.5. The fourth-order valence-electron chi connectivity index (χ4n) is 4.43. The van der Waals surface area contributed by atoms with E-state index >= 15 is 0 Å². The molecule has 0 saturated heterocycles. The van der Waals surface area contributed by atoms with E-state index in [1.807, 2.05) is 30.3 Å². The van der Waals surface area contributed by atoms with Gasteiger partial charge in [0.05, 0.1) is 6.20 Å². The summed E-state index contributed by atoms with van der Waals surface area (Å²) in [6, 6.07) is 10.5. The number of aryl methyl sites for hydroxylation is 1. The number of aromatic amines is 1. The first kappa shape index (κ1) is 34.4. The van der Waals surface area contributed by atoms with E-state index in [1.165, 1.54) is 22.5 Å². The SMILES string of the molecule is C[Si](C)(C)CCOCn1cc(C#N)nc1C(=O)O.N#Cc1cnc(C(=O)Nc2ccc(CCC(N)=O)cc2C2=CCCCC2)[nH]1. The van der Waals surface area contributed by atoms with Crippen molar-refractivity contribution >= 4 is 37.1 Å².